The van der Waals surface area contributed by atoms with Crippen molar-refractivity contribution in [2.45, 2.75) is 26.4 Å². The molecule has 2 amide bonds. The quantitative estimate of drug-likeness (QED) is 0.884. The Morgan fingerprint density at radius 2 is 1.87 bits per heavy atom. The van der Waals surface area contributed by atoms with Crippen molar-refractivity contribution in [1.29, 1.82) is 0 Å². The van der Waals surface area contributed by atoms with Gasteiger partial charge in [0.05, 0.1) is 0 Å². The van der Waals surface area contributed by atoms with E-state index < -0.39 is 6.04 Å². The molecule has 1 heterocycles. The van der Waals surface area contributed by atoms with Gasteiger partial charge in [0.25, 0.3) is 5.91 Å². The number of amides is 2. The molecular weight excluding hydrogens is 308 g/mol. The van der Waals surface area contributed by atoms with Crippen LogP contribution < -0.4 is 5.32 Å². The minimum atomic E-state index is -0.536. The van der Waals surface area contributed by atoms with Crippen LogP contribution in [0.15, 0.2) is 47.2 Å². The van der Waals surface area contributed by atoms with Crippen LogP contribution in [-0.2, 0) is 11.3 Å². The van der Waals surface area contributed by atoms with Crippen LogP contribution in [0.1, 0.15) is 29.8 Å². The summed E-state index contributed by atoms with van der Waals surface area (Å²) in [6.07, 6.45) is 0. The van der Waals surface area contributed by atoms with E-state index >= 15 is 0 Å². The lowest BCUT2D eigenvalue weighted by Crippen LogP contribution is -2.50. The molecule has 2 rings (SSSR count). The minimum absolute atomic E-state index is 0.0140. The summed E-state index contributed by atoms with van der Waals surface area (Å²) in [6.45, 7) is 4.42. The molecular formula is C18H22N2O2S. The molecule has 2 aromatic rings. The van der Waals surface area contributed by atoms with E-state index in [1.54, 1.807) is 35.4 Å². The van der Waals surface area contributed by atoms with Crippen LogP contribution in [0.25, 0.3) is 0 Å². The van der Waals surface area contributed by atoms with Gasteiger partial charge in [0.15, 0.2) is 0 Å². The molecule has 0 aliphatic heterocycles. The summed E-state index contributed by atoms with van der Waals surface area (Å²) < 4.78 is 0. The first kappa shape index (κ1) is 17.2. The number of carbonyl (C=O) groups is 2. The Morgan fingerprint density at radius 3 is 2.43 bits per heavy atom. The molecule has 0 saturated heterocycles. The summed E-state index contributed by atoms with van der Waals surface area (Å²) in [7, 11) is 1.77. The standard InChI is InChI=1S/C18H22N2O2S/c1-13(2)16(19-17(21)15-7-5-4-6-8-15)18(22)20(3)11-14-9-10-23-12-14/h4-10,12-13,16H,11H2,1-3H3,(H,19,21)/t16-/m1/s1. The van der Waals surface area contributed by atoms with Crippen molar-refractivity contribution in [3.8, 4) is 0 Å². The molecule has 0 bridgehead atoms. The molecule has 0 unspecified atom stereocenters. The van der Waals surface area contributed by atoms with Crippen LogP contribution in [0, 0.1) is 5.92 Å². The van der Waals surface area contributed by atoms with E-state index in [9.17, 15) is 9.59 Å². The molecule has 0 spiro atoms. The average molecular weight is 330 g/mol. The molecule has 122 valence electrons. The van der Waals surface area contributed by atoms with Gasteiger partial charge in [0.2, 0.25) is 5.91 Å². The number of hydrogen-bond acceptors (Lipinski definition) is 3. The van der Waals surface area contributed by atoms with Gasteiger partial charge in [-0.25, -0.2) is 0 Å². The third kappa shape index (κ3) is 4.66. The van der Waals surface area contributed by atoms with E-state index in [0.29, 0.717) is 12.1 Å². The third-order valence-electron chi connectivity index (χ3n) is 3.63. The zero-order valence-corrected chi connectivity index (χ0v) is 14.5. The summed E-state index contributed by atoms with van der Waals surface area (Å²) in [5.41, 5.74) is 1.66. The Balaban J connectivity index is 2.05. The smallest absolute Gasteiger partial charge is 0.251 e. The molecule has 1 aromatic heterocycles. The van der Waals surface area contributed by atoms with Crippen molar-refractivity contribution in [3.63, 3.8) is 0 Å². The molecule has 0 fully saturated rings. The average Bonchev–Trinajstić information content (AvgIpc) is 3.05. The second-order valence-electron chi connectivity index (χ2n) is 5.89. The maximum Gasteiger partial charge on any atom is 0.251 e. The number of hydrogen-bond donors (Lipinski definition) is 1. The number of nitrogens with one attached hydrogen (secondary N) is 1. The lowest BCUT2D eigenvalue weighted by Gasteiger charge is -2.27. The number of nitrogens with zero attached hydrogens (tertiary/aromatic N) is 1. The van der Waals surface area contributed by atoms with E-state index in [-0.39, 0.29) is 17.7 Å². The van der Waals surface area contributed by atoms with E-state index in [2.05, 4.69) is 5.32 Å². The second-order valence-corrected chi connectivity index (χ2v) is 6.67. The van der Waals surface area contributed by atoms with Crippen molar-refractivity contribution >= 4 is 23.2 Å². The summed E-state index contributed by atoms with van der Waals surface area (Å²) in [5.74, 6) is -0.280. The molecule has 1 aromatic carbocycles. The lowest BCUT2D eigenvalue weighted by atomic mass is 10.0. The molecule has 1 atom stereocenters. The van der Waals surface area contributed by atoms with Crippen molar-refractivity contribution < 1.29 is 9.59 Å². The Kier molecular flexibility index (Phi) is 5.93. The van der Waals surface area contributed by atoms with Gasteiger partial charge in [-0.3, -0.25) is 9.59 Å². The highest BCUT2D eigenvalue weighted by molar-refractivity contribution is 7.07. The van der Waals surface area contributed by atoms with Crippen LogP contribution in [0.2, 0.25) is 0 Å². The predicted molar refractivity (Wildman–Crippen MR) is 93.3 cm³/mol. The number of carbonyl (C=O) groups excluding carboxylic acids is 2. The molecule has 0 aliphatic rings. The Morgan fingerprint density at radius 1 is 1.17 bits per heavy atom. The SMILES string of the molecule is CC(C)[C@@H](NC(=O)c1ccccc1)C(=O)N(C)Cc1ccsc1. The molecule has 5 heteroatoms. The van der Waals surface area contributed by atoms with Crippen LogP contribution in [0.5, 0.6) is 0 Å². The fourth-order valence-corrected chi connectivity index (χ4v) is 2.96. The molecule has 1 N–H and O–H groups in total. The Labute approximate surface area is 141 Å². The van der Waals surface area contributed by atoms with Crippen LogP contribution in [0.4, 0.5) is 0 Å². The summed E-state index contributed by atoms with van der Waals surface area (Å²) >= 11 is 1.61. The normalized spacial score (nSPS) is 12.0. The molecule has 0 saturated carbocycles. The molecule has 23 heavy (non-hydrogen) atoms. The topological polar surface area (TPSA) is 49.4 Å². The van der Waals surface area contributed by atoms with Gasteiger partial charge in [0.1, 0.15) is 6.04 Å². The van der Waals surface area contributed by atoms with Gasteiger partial charge in [-0.2, -0.15) is 11.3 Å². The van der Waals surface area contributed by atoms with Gasteiger partial charge < -0.3 is 10.2 Å². The molecule has 4 nitrogen and oxygen atoms in total. The highest BCUT2D eigenvalue weighted by atomic mass is 32.1. The first-order valence-corrected chi connectivity index (χ1v) is 8.55. The van der Waals surface area contributed by atoms with Crippen molar-refractivity contribution in [1.82, 2.24) is 10.2 Å². The van der Waals surface area contributed by atoms with Gasteiger partial charge in [-0.05, 0) is 40.4 Å². The largest absolute Gasteiger partial charge is 0.340 e. The summed E-state index contributed by atoms with van der Waals surface area (Å²) in [4.78, 5) is 26.7. The maximum absolute atomic E-state index is 12.7. The van der Waals surface area contributed by atoms with Gasteiger partial charge in [0, 0.05) is 19.2 Å². The van der Waals surface area contributed by atoms with E-state index in [4.69, 9.17) is 0 Å². The molecule has 0 radical (unpaired) electrons. The van der Waals surface area contributed by atoms with Gasteiger partial charge in [-0.1, -0.05) is 32.0 Å². The van der Waals surface area contributed by atoms with Crippen molar-refractivity contribution in [3.05, 3.63) is 58.3 Å². The third-order valence-corrected chi connectivity index (χ3v) is 4.36. The number of likely N-dealkylation sites (N-methyl/N-ethyl adjacent to an activating group) is 1. The number of benzene rings is 1. The maximum atomic E-state index is 12.7. The van der Waals surface area contributed by atoms with E-state index in [1.807, 2.05) is 48.9 Å². The first-order valence-electron chi connectivity index (χ1n) is 7.61. The minimum Gasteiger partial charge on any atom is -0.340 e. The van der Waals surface area contributed by atoms with E-state index in [0.717, 1.165) is 5.56 Å². The number of thiophene rings is 1. The van der Waals surface area contributed by atoms with Crippen LogP contribution >= 0.6 is 11.3 Å². The zero-order valence-electron chi connectivity index (χ0n) is 13.7. The number of rotatable bonds is 6. The monoisotopic (exact) mass is 330 g/mol. The first-order chi connectivity index (χ1) is 11.0. The summed E-state index contributed by atoms with van der Waals surface area (Å²) in [6, 6.07) is 10.4. The highest BCUT2D eigenvalue weighted by Crippen LogP contribution is 2.12. The van der Waals surface area contributed by atoms with Crippen molar-refractivity contribution in [2.75, 3.05) is 7.05 Å². The van der Waals surface area contributed by atoms with Crippen molar-refractivity contribution in [2.24, 2.45) is 5.92 Å². The fourth-order valence-electron chi connectivity index (χ4n) is 2.30. The zero-order chi connectivity index (χ0) is 16.8. The molecule has 0 aliphatic carbocycles. The highest BCUT2D eigenvalue weighted by Gasteiger charge is 2.27. The van der Waals surface area contributed by atoms with Crippen LogP contribution in [0.3, 0.4) is 0 Å². The Hall–Kier alpha value is -2.14. The van der Waals surface area contributed by atoms with E-state index in [1.165, 1.54) is 0 Å². The van der Waals surface area contributed by atoms with Crippen LogP contribution in [-0.4, -0.2) is 29.8 Å². The Bertz CT molecular complexity index is 638. The fraction of sp³-hybridized carbons (Fsp3) is 0.333. The second kappa shape index (κ2) is 7.92. The lowest BCUT2D eigenvalue weighted by molar-refractivity contribution is -0.133. The van der Waals surface area contributed by atoms with Gasteiger partial charge >= 0.3 is 0 Å². The summed E-state index contributed by atoms with van der Waals surface area (Å²) in [5, 5.41) is 6.88. The van der Waals surface area contributed by atoms with Gasteiger partial charge in [-0.15, -0.1) is 0 Å². The predicted octanol–water partition coefficient (Wildman–Crippen LogP) is 3.16.